The summed E-state index contributed by atoms with van der Waals surface area (Å²) in [6, 6.07) is 13.6. The number of carbonyl (C=O) groups is 2. The fraction of sp³-hybridized carbons (Fsp3) is 0.444. The molecule has 5 rings (SSSR count). The van der Waals surface area contributed by atoms with Crippen molar-refractivity contribution in [2.45, 2.75) is 56.7 Å². The van der Waals surface area contributed by atoms with Gasteiger partial charge in [-0.15, -0.1) is 0 Å². The van der Waals surface area contributed by atoms with Gasteiger partial charge in [-0.3, -0.25) is 4.79 Å². The van der Waals surface area contributed by atoms with Crippen LogP contribution in [-0.2, 0) is 32.3 Å². The molecule has 3 atom stereocenters. The molecular weight excluding hydrogens is 542 g/mol. The smallest absolute Gasteiger partial charge is 0.408 e. The third-order valence-corrected chi connectivity index (χ3v) is 9.69. The minimum absolute atomic E-state index is 0.00791. The monoisotopic (exact) mass is 573 g/mol. The Bertz CT molecular complexity index is 1390. The number of hydrogen-bond donors (Lipinski definition) is 1. The first-order valence-electron chi connectivity index (χ1n) is 12.6. The molecule has 0 spiro atoms. The first-order valence-corrected chi connectivity index (χ1v) is 15.3. The first kappa shape index (κ1) is 27.3. The number of rotatable bonds is 6. The molecule has 1 N–H and O–H groups in total. The number of thioether (sulfide) groups is 1. The molecule has 2 aromatic rings. The summed E-state index contributed by atoms with van der Waals surface area (Å²) in [7, 11) is -3.20. The summed E-state index contributed by atoms with van der Waals surface area (Å²) in [4.78, 5) is 32.5. The highest BCUT2D eigenvalue weighted by molar-refractivity contribution is 8.15. The second-order valence-electron chi connectivity index (χ2n) is 10.7. The van der Waals surface area contributed by atoms with E-state index in [0.29, 0.717) is 23.2 Å². The number of fused-ring (bicyclic) bond motifs is 2. The standard InChI is InChI=1S/C27H31N3O7S2/c1-27(2,3)37-26(32)28-19(11-17-7-5-4-6-8-17)24(31)29-25-30(20-14-39(33,34)15-23(20)38-25)13-18-9-10-21-22(12-18)36-16-35-21/h4-10,12,19-20,23H,11,13-16H2,1-3H3,(H,28,32)/t19-,20+,23+/m1/s1. The highest BCUT2D eigenvalue weighted by Gasteiger charge is 2.49. The van der Waals surface area contributed by atoms with E-state index in [0.717, 1.165) is 11.1 Å². The zero-order valence-electron chi connectivity index (χ0n) is 22.0. The topological polar surface area (TPSA) is 124 Å². The van der Waals surface area contributed by atoms with Crippen LogP contribution in [0.15, 0.2) is 53.5 Å². The van der Waals surface area contributed by atoms with Gasteiger partial charge >= 0.3 is 6.09 Å². The number of ether oxygens (including phenoxy) is 3. The van der Waals surface area contributed by atoms with Crippen LogP contribution in [-0.4, -0.2) is 71.7 Å². The lowest BCUT2D eigenvalue weighted by atomic mass is 10.1. The maximum absolute atomic E-state index is 13.6. The summed E-state index contributed by atoms with van der Waals surface area (Å²) in [5, 5.41) is 2.88. The Kier molecular flexibility index (Phi) is 7.51. The molecule has 2 amide bonds. The lowest BCUT2D eigenvalue weighted by Gasteiger charge is -2.25. The van der Waals surface area contributed by atoms with Gasteiger partial charge in [-0.1, -0.05) is 48.2 Å². The number of aliphatic imine (C=N–C) groups is 1. The minimum atomic E-state index is -3.20. The molecule has 2 fully saturated rings. The molecule has 0 unspecified atom stereocenters. The van der Waals surface area contributed by atoms with Crippen LogP contribution in [0.3, 0.4) is 0 Å². The van der Waals surface area contributed by atoms with Gasteiger partial charge in [0.2, 0.25) is 6.79 Å². The second kappa shape index (κ2) is 10.7. The van der Waals surface area contributed by atoms with Crippen molar-refractivity contribution in [1.29, 1.82) is 0 Å². The summed E-state index contributed by atoms with van der Waals surface area (Å²) in [5.74, 6) is 0.750. The van der Waals surface area contributed by atoms with Gasteiger partial charge in [-0.25, -0.2) is 13.2 Å². The van der Waals surface area contributed by atoms with Crippen LogP contribution in [0.2, 0.25) is 0 Å². The van der Waals surface area contributed by atoms with E-state index in [9.17, 15) is 18.0 Å². The molecular formula is C27H31N3O7S2. The van der Waals surface area contributed by atoms with Gasteiger partial charge in [0.15, 0.2) is 26.5 Å². The quantitative estimate of drug-likeness (QED) is 0.555. The third-order valence-electron chi connectivity index (χ3n) is 6.44. The van der Waals surface area contributed by atoms with Crippen LogP contribution >= 0.6 is 11.8 Å². The van der Waals surface area contributed by atoms with Crippen molar-refractivity contribution in [3.05, 3.63) is 59.7 Å². The Morgan fingerprint density at radius 2 is 1.85 bits per heavy atom. The predicted molar refractivity (Wildman–Crippen MR) is 148 cm³/mol. The average Bonchev–Trinajstić information content (AvgIpc) is 3.51. The number of alkyl carbamates (subject to hydrolysis) is 1. The molecule has 10 nitrogen and oxygen atoms in total. The molecule has 39 heavy (non-hydrogen) atoms. The highest BCUT2D eigenvalue weighted by Crippen LogP contribution is 2.40. The summed E-state index contributed by atoms with van der Waals surface area (Å²) in [6.07, 6.45) is -0.486. The van der Waals surface area contributed by atoms with Crippen LogP contribution in [0.25, 0.3) is 0 Å². The van der Waals surface area contributed by atoms with Crippen molar-refractivity contribution in [3.63, 3.8) is 0 Å². The van der Waals surface area contributed by atoms with Crippen molar-refractivity contribution in [2.24, 2.45) is 4.99 Å². The van der Waals surface area contributed by atoms with Crippen LogP contribution in [0, 0.1) is 0 Å². The van der Waals surface area contributed by atoms with Gasteiger partial charge in [0, 0.05) is 18.2 Å². The molecule has 2 aromatic carbocycles. The largest absolute Gasteiger partial charge is 0.454 e. The highest BCUT2D eigenvalue weighted by atomic mass is 32.2. The molecule has 0 saturated carbocycles. The van der Waals surface area contributed by atoms with Gasteiger partial charge < -0.3 is 24.4 Å². The van der Waals surface area contributed by atoms with Crippen molar-refractivity contribution >= 4 is 38.8 Å². The zero-order chi connectivity index (χ0) is 27.8. The maximum atomic E-state index is 13.6. The van der Waals surface area contributed by atoms with E-state index in [-0.39, 0.29) is 36.0 Å². The van der Waals surface area contributed by atoms with Crippen molar-refractivity contribution in [2.75, 3.05) is 18.3 Å². The molecule has 0 aromatic heterocycles. The summed E-state index contributed by atoms with van der Waals surface area (Å²) in [5.41, 5.74) is 0.992. The fourth-order valence-corrected chi connectivity index (χ4v) is 8.68. The number of amides is 2. The number of nitrogens with one attached hydrogen (secondary N) is 1. The van der Waals surface area contributed by atoms with Crippen LogP contribution < -0.4 is 14.8 Å². The maximum Gasteiger partial charge on any atom is 0.408 e. The number of nitrogens with zero attached hydrogens (tertiary/aromatic N) is 2. The molecule has 208 valence electrons. The van der Waals surface area contributed by atoms with Gasteiger partial charge in [-0.05, 0) is 44.0 Å². The molecule has 2 saturated heterocycles. The van der Waals surface area contributed by atoms with Crippen LogP contribution in [0.5, 0.6) is 11.5 Å². The van der Waals surface area contributed by atoms with E-state index in [2.05, 4.69) is 10.3 Å². The van der Waals surface area contributed by atoms with Gasteiger partial charge in [0.1, 0.15) is 11.6 Å². The lowest BCUT2D eigenvalue weighted by Crippen LogP contribution is -2.45. The average molecular weight is 574 g/mol. The first-order chi connectivity index (χ1) is 18.5. The third kappa shape index (κ3) is 6.67. The Morgan fingerprint density at radius 3 is 2.59 bits per heavy atom. The Hall–Kier alpha value is -3.25. The number of sulfone groups is 1. The lowest BCUT2D eigenvalue weighted by molar-refractivity contribution is -0.119. The van der Waals surface area contributed by atoms with Gasteiger partial charge in [0.25, 0.3) is 5.91 Å². The Labute approximate surface area is 232 Å². The Balaban J connectivity index is 1.41. The second-order valence-corrected chi connectivity index (χ2v) is 14.1. The minimum Gasteiger partial charge on any atom is -0.454 e. The predicted octanol–water partition coefficient (Wildman–Crippen LogP) is 3.15. The molecule has 12 heteroatoms. The fourth-order valence-electron chi connectivity index (χ4n) is 4.73. The summed E-state index contributed by atoms with van der Waals surface area (Å²) >= 11 is 1.29. The van der Waals surface area contributed by atoms with Crippen molar-refractivity contribution < 1.29 is 32.2 Å². The zero-order valence-corrected chi connectivity index (χ0v) is 23.6. The van der Waals surface area contributed by atoms with E-state index in [1.165, 1.54) is 11.8 Å². The van der Waals surface area contributed by atoms with E-state index in [1.54, 1.807) is 20.8 Å². The molecule has 3 aliphatic heterocycles. The Morgan fingerprint density at radius 1 is 1.10 bits per heavy atom. The van der Waals surface area contributed by atoms with Gasteiger partial charge in [0.05, 0.1) is 17.5 Å². The summed E-state index contributed by atoms with van der Waals surface area (Å²) in [6.45, 7) is 5.73. The van der Waals surface area contributed by atoms with E-state index < -0.39 is 33.5 Å². The number of amidine groups is 1. The molecule has 0 bridgehead atoms. The van der Waals surface area contributed by atoms with Crippen LogP contribution in [0.1, 0.15) is 31.9 Å². The number of carbonyl (C=O) groups excluding carboxylic acids is 2. The SMILES string of the molecule is CC(C)(C)OC(=O)N[C@H](Cc1ccccc1)C(=O)N=C1S[C@H]2CS(=O)(=O)C[C@@H]2N1Cc1ccc2c(c1)OCO2. The van der Waals surface area contributed by atoms with Crippen molar-refractivity contribution in [3.8, 4) is 11.5 Å². The van der Waals surface area contributed by atoms with E-state index >= 15 is 0 Å². The molecule has 0 aliphatic carbocycles. The van der Waals surface area contributed by atoms with E-state index in [4.69, 9.17) is 14.2 Å². The number of hydrogen-bond acceptors (Lipinski definition) is 8. The van der Waals surface area contributed by atoms with E-state index in [1.807, 2.05) is 53.4 Å². The van der Waals surface area contributed by atoms with Crippen molar-refractivity contribution in [1.82, 2.24) is 10.2 Å². The molecule has 3 heterocycles. The molecule has 3 aliphatic rings. The summed E-state index contributed by atoms with van der Waals surface area (Å²) < 4.78 is 41.1. The van der Waals surface area contributed by atoms with Crippen LogP contribution in [0.4, 0.5) is 4.79 Å². The van der Waals surface area contributed by atoms with Gasteiger partial charge in [-0.2, -0.15) is 4.99 Å². The normalized spacial score (nSPS) is 22.9. The molecule has 0 radical (unpaired) electrons. The number of benzene rings is 2.